The summed E-state index contributed by atoms with van der Waals surface area (Å²) in [7, 11) is -1.78. The number of hydrogen-bond acceptors (Lipinski definition) is 5. The van der Waals surface area contributed by atoms with E-state index < -0.39 is 19.5 Å². The molecule has 0 amide bonds. The molecule has 0 radical (unpaired) electrons. The lowest BCUT2D eigenvalue weighted by molar-refractivity contribution is -0.143. The van der Waals surface area contributed by atoms with E-state index in [9.17, 15) is 14.7 Å². The number of rotatable bonds is 2. The van der Waals surface area contributed by atoms with Crippen LogP contribution in [0.5, 0.6) is 5.75 Å². The lowest BCUT2D eigenvalue weighted by atomic mass is 9.85. The first-order valence-corrected chi connectivity index (χ1v) is 13.8. The average Bonchev–Trinajstić information content (AvgIpc) is 3.06. The minimum Gasteiger partial charge on any atom is -0.480 e. The summed E-state index contributed by atoms with van der Waals surface area (Å²) in [6, 6.07) is 9.82. The fourth-order valence-corrected chi connectivity index (χ4v) is 6.98. The molecule has 0 bridgehead atoms. The first kappa shape index (κ1) is 19.2. The van der Waals surface area contributed by atoms with E-state index >= 15 is 0 Å². The van der Waals surface area contributed by atoms with Crippen molar-refractivity contribution >= 4 is 29.9 Å². The summed E-state index contributed by atoms with van der Waals surface area (Å²) in [4.78, 5) is 30.7. The second kappa shape index (κ2) is 6.12. The summed E-state index contributed by atoms with van der Waals surface area (Å²) in [5.41, 5.74) is 1.61. The molecule has 1 atom stereocenters. The van der Waals surface area contributed by atoms with Crippen LogP contribution in [-0.2, 0) is 16.9 Å². The van der Waals surface area contributed by atoms with Crippen molar-refractivity contribution in [2.75, 3.05) is 6.61 Å². The van der Waals surface area contributed by atoms with Gasteiger partial charge in [-0.1, -0.05) is 44.8 Å². The second-order valence-corrected chi connectivity index (χ2v) is 14.2. The summed E-state index contributed by atoms with van der Waals surface area (Å²) in [5.74, 6) is -0.344. The summed E-state index contributed by atoms with van der Waals surface area (Å²) in [6.07, 6.45) is 0.184. The molecule has 1 aromatic carbocycles. The largest absolute Gasteiger partial charge is 0.480 e. The van der Waals surface area contributed by atoms with E-state index in [0.29, 0.717) is 12.2 Å². The van der Waals surface area contributed by atoms with E-state index in [1.807, 2.05) is 18.2 Å². The predicted octanol–water partition coefficient (Wildman–Crippen LogP) is 2.53. The lowest BCUT2D eigenvalue weighted by Gasteiger charge is -2.32. The third-order valence-electron chi connectivity index (χ3n) is 6.32. The fraction of sp³-hybridized carbons (Fsp3) is 0.348. The number of aliphatic hydroxyl groups is 1. The molecule has 3 aromatic rings. The van der Waals surface area contributed by atoms with E-state index in [1.165, 1.54) is 5.19 Å². The molecule has 0 saturated heterocycles. The molecular weight excluding hydrogens is 396 g/mol. The van der Waals surface area contributed by atoms with Gasteiger partial charge in [-0.3, -0.25) is 14.2 Å². The van der Waals surface area contributed by atoms with Crippen molar-refractivity contribution in [1.29, 1.82) is 0 Å². The molecule has 2 aliphatic rings. The first-order chi connectivity index (χ1) is 14.2. The van der Waals surface area contributed by atoms with E-state index in [-0.39, 0.29) is 29.9 Å². The van der Waals surface area contributed by atoms with Gasteiger partial charge < -0.3 is 9.84 Å². The third kappa shape index (κ3) is 2.42. The lowest BCUT2D eigenvalue weighted by Crippen LogP contribution is -2.45. The van der Waals surface area contributed by atoms with Crippen LogP contribution < -0.4 is 15.5 Å². The molecule has 0 fully saturated rings. The molecule has 7 heteroatoms. The summed E-state index contributed by atoms with van der Waals surface area (Å²) in [5, 5.41) is 13.5. The second-order valence-electron chi connectivity index (χ2n) is 9.17. The Kier molecular flexibility index (Phi) is 3.92. The van der Waals surface area contributed by atoms with Crippen LogP contribution in [0.25, 0.3) is 22.3 Å². The number of pyridine rings is 2. The molecular formula is C23H24N2O4Si. The summed E-state index contributed by atoms with van der Waals surface area (Å²) in [6.45, 7) is 8.76. The Balaban J connectivity index is 1.87. The van der Waals surface area contributed by atoms with Crippen molar-refractivity contribution in [2.45, 2.75) is 45.1 Å². The van der Waals surface area contributed by atoms with E-state index in [0.717, 1.165) is 22.2 Å². The van der Waals surface area contributed by atoms with Gasteiger partial charge >= 0.3 is 0 Å². The van der Waals surface area contributed by atoms with Crippen LogP contribution in [0.2, 0.25) is 19.6 Å². The molecule has 30 heavy (non-hydrogen) atoms. The van der Waals surface area contributed by atoms with Gasteiger partial charge in [-0.05, 0) is 34.7 Å². The van der Waals surface area contributed by atoms with Crippen LogP contribution in [0.4, 0.5) is 0 Å². The van der Waals surface area contributed by atoms with Crippen LogP contribution >= 0.6 is 0 Å². The number of para-hydroxylation sites is 1. The van der Waals surface area contributed by atoms with Crippen molar-refractivity contribution in [3.63, 3.8) is 0 Å². The number of carbonyl (C=O) groups is 1. The Morgan fingerprint density at radius 3 is 2.67 bits per heavy atom. The monoisotopic (exact) mass is 420 g/mol. The van der Waals surface area contributed by atoms with Gasteiger partial charge in [-0.25, -0.2) is 4.98 Å². The maximum absolute atomic E-state index is 13.3. The van der Waals surface area contributed by atoms with Gasteiger partial charge in [0.1, 0.15) is 0 Å². The number of ether oxygens (including phenoxy) is 1. The number of nitrogens with zero attached hydrogens (tertiary/aromatic N) is 2. The highest BCUT2D eigenvalue weighted by Gasteiger charge is 2.45. The minimum atomic E-state index is -1.78. The molecule has 6 nitrogen and oxygen atoms in total. The molecule has 154 valence electrons. The number of hydrogen-bond donors (Lipinski definition) is 1. The normalized spacial score (nSPS) is 20.0. The maximum Gasteiger partial charge on any atom is 0.294 e. The Morgan fingerprint density at radius 1 is 1.23 bits per heavy atom. The van der Waals surface area contributed by atoms with Gasteiger partial charge in [-0.2, -0.15) is 0 Å². The quantitative estimate of drug-likeness (QED) is 0.504. The van der Waals surface area contributed by atoms with Crippen molar-refractivity contribution in [2.24, 2.45) is 0 Å². The Hall–Kier alpha value is -2.77. The minimum absolute atomic E-state index is 0.0783. The highest BCUT2D eigenvalue weighted by atomic mass is 28.3. The van der Waals surface area contributed by atoms with Crippen LogP contribution in [0.1, 0.15) is 24.5 Å². The van der Waals surface area contributed by atoms with Crippen LogP contribution in [0, 0.1) is 0 Å². The zero-order valence-corrected chi connectivity index (χ0v) is 18.6. The van der Waals surface area contributed by atoms with Crippen molar-refractivity contribution < 1.29 is 14.6 Å². The topological polar surface area (TPSA) is 81.4 Å². The van der Waals surface area contributed by atoms with Gasteiger partial charge in [0.15, 0.2) is 18.0 Å². The third-order valence-corrected chi connectivity index (χ3v) is 8.40. The number of fused-ring (bicyclic) bond motifs is 5. The van der Waals surface area contributed by atoms with Gasteiger partial charge in [0.25, 0.3) is 5.56 Å². The average molecular weight is 421 g/mol. The molecule has 0 spiro atoms. The first-order valence-electron chi connectivity index (χ1n) is 10.3. The Morgan fingerprint density at radius 2 is 1.97 bits per heavy atom. The number of ketones is 1. The number of carbonyl (C=O) groups excluding carboxylic acids is 1. The zero-order chi connectivity index (χ0) is 21.4. The van der Waals surface area contributed by atoms with E-state index in [2.05, 4.69) is 25.7 Å². The van der Waals surface area contributed by atoms with Crippen LogP contribution in [-0.4, -0.2) is 35.1 Å². The Labute approximate surface area is 175 Å². The molecule has 2 aromatic heterocycles. The van der Waals surface area contributed by atoms with Crippen LogP contribution in [0.3, 0.4) is 0 Å². The number of benzene rings is 1. The molecule has 0 aliphatic carbocycles. The van der Waals surface area contributed by atoms with Crippen molar-refractivity contribution in [1.82, 2.24) is 9.55 Å². The molecule has 4 heterocycles. The van der Waals surface area contributed by atoms with Crippen LogP contribution in [0.15, 0.2) is 35.1 Å². The molecule has 2 aliphatic heterocycles. The predicted molar refractivity (Wildman–Crippen MR) is 118 cm³/mol. The van der Waals surface area contributed by atoms with Crippen molar-refractivity contribution in [3.8, 4) is 17.1 Å². The van der Waals surface area contributed by atoms with Gasteiger partial charge in [0.05, 0.1) is 31.5 Å². The molecule has 0 unspecified atom stereocenters. The Bertz CT molecular complexity index is 1310. The zero-order valence-electron chi connectivity index (χ0n) is 17.6. The summed E-state index contributed by atoms with van der Waals surface area (Å²) >= 11 is 0. The number of Topliss-reactive ketones (excluding diaryl/α,β-unsaturated/α-hetero) is 1. The van der Waals surface area contributed by atoms with Gasteiger partial charge in [0, 0.05) is 5.56 Å². The standard InChI is InChI=1S/C23H24N2O4Si/c1-5-23(28)15-10-17-19-14(11-25(17)22(27)20(15)29-12-18(23)26)21(30(2,3)4)13-8-6-7-9-16(13)24-19/h6-10,28H,5,11-12H2,1-4H3/t23-/m0/s1. The highest BCUT2D eigenvalue weighted by molar-refractivity contribution is 6.90. The molecule has 1 N–H and O–H groups in total. The van der Waals surface area contributed by atoms with Gasteiger partial charge in [-0.15, -0.1) is 0 Å². The van der Waals surface area contributed by atoms with Gasteiger partial charge in [0.2, 0.25) is 5.78 Å². The van der Waals surface area contributed by atoms with E-state index in [1.54, 1.807) is 17.6 Å². The maximum atomic E-state index is 13.3. The smallest absolute Gasteiger partial charge is 0.294 e. The molecule has 0 saturated carbocycles. The van der Waals surface area contributed by atoms with E-state index in [4.69, 9.17) is 9.72 Å². The number of aromatic nitrogens is 2. The SMILES string of the molecule is CC[C@@]1(O)C(=O)COc2c1cc1n(c2=O)Cc2c-1nc1ccccc1c2[Si](C)(C)C. The highest BCUT2D eigenvalue weighted by Crippen LogP contribution is 2.40. The summed E-state index contributed by atoms with van der Waals surface area (Å²) < 4.78 is 7.18. The molecule has 5 rings (SSSR count). The fourth-order valence-electron chi connectivity index (χ4n) is 4.85. The van der Waals surface area contributed by atoms with Crippen molar-refractivity contribution in [3.05, 3.63) is 51.8 Å².